The molecule has 0 aliphatic rings. The number of amides is 1. The maximum absolute atomic E-state index is 12.8. The number of fused-ring (bicyclic) bond motifs is 1. The fraction of sp³-hybridized carbons (Fsp3) is 0.158. The number of halogens is 3. The van der Waals surface area contributed by atoms with Crippen LogP contribution in [0.4, 0.5) is 13.2 Å². The molecule has 3 rings (SSSR count). The van der Waals surface area contributed by atoms with Crippen molar-refractivity contribution in [2.24, 2.45) is 0 Å². The van der Waals surface area contributed by atoms with Crippen molar-refractivity contribution in [3.63, 3.8) is 0 Å². The highest BCUT2D eigenvalue weighted by atomic mass is 32.1. The molecule has 0 saturated carbocycles. The van der Waals surface area contributed by atoms with Crippen molar-refractivity contribution >= 4 is 33.5 Å². The number of thiazole rings is 1. The zero-order chi connectivity index (χ0) is 18.7. The normalized spacial score (nSPS) is 12.0. The number of carbonyl (C=O) groups excluding carboxylic acids is 1. The SMILES string of the molecule is CN(Cc1cccc(C(F)(F)F)c1)C(=O)/C=C/c1nc2ccccc2s1. The van der Waals surface area contributed by atoms with Gasteiger partial charge in [0.15, 0.2) is 0 Å². The number of carbonyl (C=O) groups is 1. The summed E-state index contributed by atoms with van der Waals surface area (Å²) in [4.78, 5) is 18.0. The highest BCUT2D eigenvalue weighted by Crippen LogP contribution is 2.29. The summed E-state index contributed by atoms with van der Waals surface area (Å²) in [5, 5.41) is 0.701. The zero-order valence-corrected chi connectivity index (χ0v) is 14.6. The Kier molecular flexibility index (Phi) is 5.08. The predicted molar refractivity (Wildman–Crippen MR) is 96.6 cm³/mol. The van der Waals surface area contributed by atoms with Crippen molar-refractivity contribution in [1.29, 1.82) is 0 Å². The number of rotatable bonds is 4. The topological polar surface area (TPSA) is 33.2 Å². The second kappa shape index (κ2) is 7.29. The fourth-order valence-electron chi connectivity index (χ4n) is 2.43. The Labute approximate surface area is 152 Å². The van der Waals surface area contributed by atoms with Crippen LogP contribution in [-0.2, 0) is 17.5 Å². The molecule has 0 bridgehead atoms. The number of alkyl halides is 3. The first-order chi connectivity index (χ1) is 12.3. The lowest BCUT2D eigenvalue weighted by Gasteiger charge is -2.16. The van der Waals surface area contributed by atoms with Gasteiger partial charge >= 0.3 is 6.18 Å². The lowest BCUT2D eigenvalue weighted by atomic mass is 10.1. The van der Waals surface area contributed by atoms with Crippen molar-refractivity contribution in [2.45, 2.75) is 12.7 Å². The standard InChI is InChI=1S/C19H15F3N2OS/c1-24(12-13-5-4-6-14(11-13)19(20,21)22)18(25)10-9-17-23-15-7-2-3-8-16(15)26-17/h2-11H,12H2,1H3/b10-9+. The molecule has 0 aliphatic heterocycles. The van der Waals surface area contributed by atoms with E-state index in [1.165, 1.54) is 28.4 Å². The Hall–Kier alpha value is -2.67. The number of hydrogen-bond donors (Lipinski definition) is 0. The molecular formula is C19H15F3N2OS. The highest BCUT2D eigenvalue weighted by molar-refractivity contribution is 7.19. The summed E-state index contributed by atoms with van der Waals surface area (Å²) in [7, 11) is 1.55. The van der Waals surface area contributed by atoms with Crippen LogP contribution in [0.3, 0.4) is 0 Å². The van der Waals surface area contributed by atoms with Crippen LogP contribution in [0, 0.1) is 0 Å². The first kappa shape index (κ1) is 18.1. The Morgan fingerprint density at radius 1 is 1.19 bits per heavy atom. The van der Waals surface area contributed by atoms with Crippen molar-refractivity contribution in [2.75, 3.05) is 7.05 Å². The molecule has 1 heterocycles. The van der Waals surface area contributed by atoms with E-state index in [0.717, 1.165) is 22.3 Å². The largest absolute Gasteiger partial charge is 0.416 e. The Morgan fingerprint density at radius 2 is 1.96 bits per heavy atom. The van der Waals surface area contributed by atoms with Crippen molar-refractivity contribution < 1.29 is 18.0 Å². The summed E-state index contributed by atoms with van der Waals surface area (Å²) < 4.78 is 39.3. The number of para-hydroxylation sites is 1. The van der Waals surface area contributed by atoms with Gasteiger partial charge in [0, 0.05) is 19.7 Å². The van der Waals surface area contributed by atoms with Crippen LogP contribution in [0.5, 0.6) is 0 Å². The molecule has 0 saturated heterocycles. The number of benzene rings is 2. The third-order valence-electron chi connectivity index (χ3n) is 3.73. The molecule has 134 valence electrons. The summed E-state index contributed by atoms with van der Waals surface area (Å²) in [6, 6.07) is 12.6. The van der Waals surface area contributed by atoms with Gasteiger partial charge in [-0.2, -0.15) is 13.2 Å². The molecule has 1 amide bonds. The van der Waals surface area contributed by atoms with Crippen molar-refractivity contribution in [1.82, 2.24) is 9.88 Å². The second-order valence-corrected chi connectivity index (χ2v) is 6.81. The van der Waals surface area contributed by atoms with Crippen LogP contribution < -0.4 is 0 Å². The van der Waals surface area contributed by atoms with Crippen molar-refractivity contribution in [3.05, 3.63) is 70.7 Å². The van der Waals surface area contributed by atoms with Gasteiger partial charge < -0.3 is 4.90 Å². The summed E-state index contributed by atoms with van der Waals surface area (Å²) in [5.74, 6) is -0.304. The molecule has 0 spiro atoms. The molecule has 0 aliphatic carbocycles. The summed E-state index contributed by atoms with van der Waals surface area (Å²) >= 11 is 1.47. The second-order valence-electron chi connectivity index (χ2n) is 5.75. The van der Waals surface area contributed by atoms with Gasteiger partial charge in [-0.05, 0) is 35.9 Å². The van der Waals surface area contributed by atoms with E-state index in [9.17, 15) is 18.0 Å². The molecule has 0 atom stereocenters. The third-order valence-corrected chi connectivity index (χ3v) is 4.73. The van der Waals surface area contributed by atoms with E-state index < -0.39 is 11.7 Å². The van der Waals surface area contributed by atoms with Crippen LogP contribution >= 0.6 is 11.3 Å². The van der Waals surface area contributed by atoms with E-state index in [4.69, 9.17) is 0 Å². The number of nitrogens with zero attached hydrogens (tertiary/aromatic N) is 2. The van der Waals surface area contributed by atoms with Gasteiger partial charge in [0.05, 0.1) is 15.8 Å². The van der Waals surface area contributed by atoms with Crippen molar-refractivity contribution in [3.8, 4) is 0 Å². The quantitative estimate of drug-likeness (QED) is 0.601. The molecule has 3 nitrogen and oxygen atoms in total. The van der Waals surface area contributed by atoms with Crippen LogP contribution in [0.1, 0.15) is 16.1 Å². The molecule has 0 fully saturated rings. The van der Waals surface area contributed by atoms with E-state index in [-0.39, 0.29) is 12.5 Å². The minimum absolute atomic E-state index is 0.0902. The number of hydrogen-bond acceptors (Lipinski definition) is 3. The lowest BCUT2D eigenvalue weighted by Crippen LogP contribution is -2.24. The summed E-state index contributed by atoms with van der Waals surface area (Å²) in [6.07, 6.45) is -1.40. The third kappa shape index (κ3) is 4.29. The maximum atomic E-state index is 12.8. The smallest absolute Gasteiger partial charge is 0.338 e. The van der Waals surface area contributed by atoms with Crippen LogP contribution in [-0.4, -0.2) is 22.8 Å². The number of aromatic nitrogens is 1. The van der Waals surface area contributed by atoms with Crippen LogP contribution in [0.15, 0.2) is 54.6 Å². The molecular weight excluding hydrogens is 361 g/mol. The van der Waals surface area contributed by atoms with Gasteiger partial charge in [-0.25, -0.2) is 4.98 Å². The van der Waals surface area contributed by atoms with E-state index in [1.807, 2.05) is 24.3 Å². The molecule has 0 radical (unpaired) electrons. The Morgan fingerprint density at radius 3 is 2.69 bits per heavy atom. The van der Waals surface area contributed by atoms with Crippen LogP contribution in [0.25, 0.3) is 16.3 Å². The van der Waals surface area contributed by atoms with Gasteiger partial charge in [-0.1, -0.05) is 24.3 Å². The van der Waals surface area contributed by atoms with Gasteiger partial charge in [-0.3, -0.25) is 4.79 Å². The average molecular weight is 376 g/mol. The molecule has 7 heteroatoms. The molecule has 26 heavy (non-hydrogen) atoms. The average Bonchev–Trinajstić information content (AvgIpc) is 3.02. The fourth-order valence-corrected chi connectivity index (χ4v) is 3.30. The first-order valence-corrected chi connectivity index (χ1v) is 8.59. The molecule has 3 aromatic rings. The van der Waals surface area contributed by atoms with E-state index in [2.05, 4.69) is 4.98 Å². The zero-order valence-electron chi connectivity index (χ0n) is 13.8. The van der Waals surface area contributed by atoms with Gasteiger partial charge in [0.2, 0.25) is 5.91 Å². The molecule has 2 aromatic carbocycles. The lowest BCUT2D eigenvalue weighted by molar-refractivity contribution is -0.137. The van der Waals surface area contributed by atoms with Gasteiger partial charge in [0.1, 0.15) is 5.01 Å². The predicted octanol–water partition coefficient (Wildman–Crippen LogP) is 4.99. The molecule has 1 aromatic heterocycles. The van der Waals surface area contributed by atoms with Gasteiger partial charge in [0.25, 0.3) is 0 Å². The first-order valence-electron chi connectivity index (χ1n) is 7.78. The van der Waals surface area contributed by atoms with Gasteiger partial charge in [-0.15, -0.1) is 11.3 Å². The summed E-state index contributed by atoms with van der Waals surface area (Å²) in [5.41, 5.74) is 0.562. The number of likely N-dealkylation sites (N-methyl/N-ethyl adjacent to an activating group) is 1. The van der Waals surface area contributed by atoms with E-state index in [1.54, 1.807) is 19.2 Å². The van der Waals surface area contributed by atoms with E-state index in [0.29, 0.717) is 10.6 Å². The monoisotopic (exact) mass is 376 g/mol. The maximum Gasteiger partial charge on any atom is 0.416 e. The minimum Gasteiger partial charge on any atom is -0.338 e. The molecule has 0 N–H and O–H groups in total. The minimum atomic E-state index is -4.40. The Bertz CT molecular complexity index is 930. The Balaban J connectivity index is 1.68. The summed E-state index contributed by atoms with van der Waals surface area (Å²) in [6.45, 7) is 0.0902. The van der Waals surface area contributed by atoms with Crippen LogP contribution in [0.2, 0.25) is 0 Å². The van der Waals surface area contributed by atoms with E-state index >= 15 is 0 Å². The molecule has 0 unspecified atom stereocenters. The highest BCUT2D eigenvalue weighted by Gasteiger charge is 2.30.